The Hall–Kier alpha value is -2.08. The van der Waals surface area contributed by atoms with Crippen LogP contribution in [0.25, 0.3) is 0 Å². The molecule has 21 heavy (non-hydrogen) atoms. The van der Waals surface area contributed by atoms with Crippen molar-refractivity contribution in [1.82, 2.24) is 15.0 Å². The van der Waals surface area contributed by atoms with Crippen LogP contribution in [0.2, 0.25) is 5.02 Å². The van der Waals surface area contributed by atoms with E-state index in [0.717, 1.165) is 17.0 Å². The molecule has 0 spiro atoms. The largest absolute Gasteiger partial charge is 0.503 e. The first-order chi connectivity index (χ1) is 9.93. The number of rotatable bonds is 4. The number of methoxy groups -OCH3 is 1. The zero-order chi connectivity index (χ0) is 15.6. The van der Waals surface area contributed by atoms with Crippen LogP contribution in [0, 0.1) is 20.8 Å². The third kappa shape index (κ3) is 3.16. The minimum absolute atomic E-state index is 0.0190. The van der Waals surface area contributed by atoms with Crippen molar-refractivity contribution < 1.29 is 9.84 Å². The average molecular weight is 309 g/mol. The third-order valence-electron chi connectivity index (χ3n) is 3.10. The molecule has 2 N–H and O–H groups in total. The molecule has 2 aromatic heterocycles. The fraction of sp³-hybridized carbons (Fsp3) is 0.357. The molecule has 112 valence electrons. The van der Waals surface area contributed by atoms with Crippen LogP contribution in [0.4, 0.5) is 5.82 Å². The van der Waals surface area contributed by atoms with Gasteiger partial charge in [-0.1, -0.05) is 11.6 Å². The maximum atomic E-state index is 9.67. The topological polar surface area (TPSA) is 80.2 Å². The number of halogens is 1. The predicted octanol–water partition coefficient (Wildman–Crippen LogP) is 2.78. The van der Waals surface area contributed by atoms with Crippen LogP contribution in [-0.2, 0) is 6.54 Å². The molecule has 0 saturated carbocycles. The molecule has 0 aliphatic rings. The first kappa shape index (κ1) is 15.3. The van der Waals surface area contributed by atoms with Crippen molar-refractivity contribution in [1.29, 1.82) is 0 Å². The van der Waals surface area contributed by atoms with E-state index in [0.29, 0.717) is 29.0 Å². The smallest absolute Gasteiger partial charge is 0.176 e. The number of pyridine rings is 1. The summed E-state index contributed by atoms with van der Waals surface area (Å²) in [5.74, 6) is 1.65. The summed E-state index contributed by atoms with van der Waals surface area (Å²) in [5, 5.41) is 13.3. The monoisotopic (exact) mass is 308 g/mol. The summed E-state index contributed by atoms with van der Waals surface area (Å²) in [6.45, 7) is 5.88. The van der Waals surface area contributed by atoms with Gasteiger partial charge in [-0.15, -0.1) is 0 Å². The van der Waals surface area contributed by atoms with Gasteiger partial charge in [-0.3, -0.25) is 4.98 Å². The highest BCUT2D eigenvalue weighted by Crippen LogP contribution is 2.30. The minimum Gasteiger partial charge on any atom is -0.503 e. The van der Waals surface area contributed by atoms with Crippen molar-refractivity contribution in [3.8, 4) is 11.5 Å². The minimum atomic E-state index is 0.0190. The predicted molar refractivity (Wildman–Crippen MR) is 81.0 cm³/mol. The molecule has 0 aromatic carbocycles. The first-order valence-electron chi connectivity index (χ1n) is 6.40. The fourth-order valence-electron chi connectivity index (χ4n) is 2.04. The summed E-state index contributed by atoms with van der Waals surface area (Å²) in [6, 6.07) is 0. The number of nitrogens with one attached hydrogen (secondary N) is 1. The van der Waals surface area contributed by atoms with Crippen LogP contribution in [0.1, 0.15) is 22.8 Å². The summed E-state index contributed by atoms with van der Waals surface area (Å²) in [7, 11) is 1.51. The van der Waals surface area contributed by atoms with Gasteiger partial charge in [0.2, 0.25) is 0 Å². The SMILES string of the molecule is COc1c(O)cnc(CNc2nc(C)nc(C)c2Cl)c1C. The number of aromatic hydroxyl groups is 1. The molecule has 0 atom stereocenters. The third-order valence-corrected chi connectivity index (χ3v) is 3.56. The Morgan fingerprint density at radius 2 is 2.00 bits per heavy atom. The van der Waals surface area contributed by atoms with E-state index in [9.17, 15) is 5.11 Å². The van der Waals surface area contributed by atoms with Gasteiger partial charge in [0.25, 0.3) is 0 Å². The number of ether oxygens (including phenoxy) is 1. The molecule has 7 heteroatoms. The summed E-state index contributed by atoms with van der Waals surface area (Å²) in [4.78, 5) is 12.7. The van der Waals surface area contributed by atoms with Gasteiger partial charge in [-0.2, -0.15) is 0 Å². The van der Waals surface area contributed by atoms with Gasteiger partial charge in [0.15, 0.2) is 11.5 Å². The van der Waals surface area contributed by atoms with Crippen molar-refractivity contribution >= 4 is 17.4 Å². The van der Waals surface area contributed by atoms with Gasteiger partial charge in [0.05, 0.1) is 31.2 Å². The van der Waals surface area contributed by atoms with E-state index in [-0.39, 0.29) is 5.75 Å². The standard InChI is InChI=1S/C14H17ClN4O2/c1-7-10(16-6-11(20)13(7)21-4)5-17-14-12(15)8(2)18-9(3)19-14/h6,20H,5H2,1-4H3,(H,17,18,19). The fourth-order valence-corrected chi connectivity index (χ4v) is 2.19. The van der Waals surface area contributed by atoms with Crippen LogP contribution < -0.4 is 10.1 Å². The molecule has 0 saturated heterocycles. The van der Waals surface area contributed by atoms with Gasteiger partial charge in [-0.25, -0.2) is 9.97 Å². The van der Waals surface area contributed by atoms with Crippen molar-refractivity contribution in [3.63, 3.8) is 0 Å². The molecule has 0 fully saturated rings. The van der Waals surface area contributed by atoms with E-state index in [1.807, 2.05) is 20.8 Å². The second kappa shape index (κ2) is 6.13. The quantitative estimate of drug-likeness (QED) is 0.904. The van der Waals surface area contributed by atoms with E-state index in [4.69, 9.17) is 16.3 Å². The van der Waals surface area contributed by atoms with Crippen LogP contribution >= 0.6 is 11.6 Å². The molecule has 2 rings (SSSR count). The highest BCUT2D eigenvalue weighted by atomic mass is 35.5. The molecular weight excluding hydrogens is 292 g/mol. The normalized spacial score (nSPS) is 10.5. The summed E-state index contributed by atoms with van der Waals surface area (Å²) < 4.78 is 5.16. The van der Waals surface area contributed by atoms with Gasteiger partial charge in [-0.05, 0) is 20.8 Å². The van der Waals surface area contributed by atoms with Gasteiger partial charge < -0.3 is 15.2 Å². The molecule has 0 bridgehead atoms. The number of hydrogen-bond donors (Lipinski definition) is 2. The van der Waals surface area contributed by atoms with E-state index in [2.05, 4.69) is 20.3 Å². The second-order valence-electron chi connectivity index (χ2n) is 4.62. The van der Waals surface area contributed by atoms with Crippen LogP contribution in [0.15, 0.2) is 6.20 Å². The van der Waals surface area contributed by atoms with Gasteiger partial charge in [0.1, 0.15) is 16.7 Å². The molecule has 2 heterocycles. The van der Waals surface area contributed by atoms with Crippen molar-refractivity contribution in [2.45, 2.75) is 27.3 Å². The molecule has 0 unspecified atom stereocenters. The Kier molecular flexibility index (Phi) is 4.47. The van der Waals surface area contributed by atoms with E-state index >= 15 is 0 Å². The average Bonchev–Trinajstić information content (AvgIpc) is 2.43. The molecule has 0 radical (unpaired) electrons. The van der Waals surface area contributed by atoms with Crippen LogP contribution in [0.5, 0.6) is 11.5 Å². The molecule has 0 aliphatic carbocycles. The Balaban J connectivity index is 2.25. The number of hydrogen-bond acceptors (Lipinski definition) is 6. The Morgan fingerprint density at radius 1 is 1.29 bits per heavy atom. The summed E-state index contributed by atoms with van der Waals surface area (Å²) in [6.07, 6.45) is 1.36. The lowest BCUT2D eigenvalue weighted by Crippen LogP contribution is -2.08. The van der Waals surface area contributed by atoms with E-state index in [1.54, 1.807) is 0 Å². The number of aromatic nitrogens is 3. The maximum absolute atomic E-state index is 9.67. The Morgan fingerprint density at radius 3 is 2.67 bits per heavy atom. The Bertz CT molecular complexity index is 677. The van der Waals surface area contributed by atoms with Crippen molar-refractivity contribution in [3.05, 3.63) is 34.0 Å². The lowest BCUT2D eigenvalue weighted by atomic mass is 10.2. The Labute approximate surface area is 128 Å². The lowest BCUT2D eigenvalue weighted by molar-refractivity contribution is 0.368. The molecule has 0 aliphatic heterocycles. The summed E-state index contributed by atoms with van der Waals surface area (Å²) in [5.41, 5.74) is 2.23. The summed E-state index contributed by atoms with van der Waals surface area (Å²) >= 11 is 6.18. The lowest BCUT2D eigenvalue weighted by Gasteiger charge is -2.13. The highest BCUT2D eigenvalue weighted by molar-refractivity contribution is 6.33. The second-order valence-corrected chi connectivity index (χ2v) is 5.00. The first-order valence-corrected chi connectivity index (χ1v) is 6.77. The van der Waals surface area contributed by atoms with Gasteiger partial charge >= 0.3 is 0 Å². The number of anilines is 1. The van der Waals surface area contributed by atoms with Gasteiger partial charge in [0, 0.05) is 5.56 Å². The van der Waals surface area contributed by atoms with E-state index < -0.39 is 0 Å². The number of nitrogens with zero attached hydrogens (tertiary/aromatic N) is 3. The maximum Gasteiger partial charge on any atom is 0.176 e. The molecule has 2 aromatic rings. The molecular formula is C14H17ClN4O2. The molecule has 6 nitrogen and oxygen atoms in total. The zero-order valence-corrected chi connectivity index (χ0v) is 13.1. The molecule has 0 amide bonds. The van der Waals surface area contributed by atoms with Crippen LogP contribution in [-0.4, -0.2) is 27.2 Å². The number of aryl methyl sites for hydroxylation is 2. The zero-order valence-electron chi connectivity index (χ0n) is 12.4. The van der Waals surface area contributed by atoms with Crippen molar-refractivity contribution in [2.75, 3.05) is 12.4 Å². The highest BCUT2D eigenvalue weighted by Gasteiger charge is 2.13. The van der Waals surface area contributed by atoms with E-state index in [1.165, 1.54) is 13.3 Å². The van der Waals surface area contributed by atoms with Crippen LogP contribution in [0.3, 0.4) is 0 Å². The van der Waals surface area contributed by atoms with Crippen molar-refractivity contribution in [2.24, 2.45) is 0 Å².